The number of ether oxygens (including phenoxy) is 1. The Bertz CT molecular complexity index is 581. The molecule has 2 atom stereocenters. The summed E-state index contributed by atoms with van der Waals surface area (Å²) in [5, 5.41) is 22.9. The Hall–Kier alpha value is -2.04. The third-order valence-corrected chi connectivity index (χ3v) is 3.96. The lowest BCUT2D eigenvalue weighted by Crippen LogP contribution is -2.30. The van der Waals surface area contributed by atoms with E-state index in [1.54, 1.807) is 19.2 Å². The number of methoxy groups -OCH3 is 1. The van der Waals surface area contributed by atoms with Crippen LogP contribution in [0.25, 0.3) is 0 Å². The maximum Gasteiger partial charge on any atom is 0.118 e. The van der Waals surface area contributed by atoms with E-state index in [2.05, 4.69) is 12.2 Å². The van der Waals surface area contributed by atoms with Crippen molar-refractivity contribution in [3.05, 3.63) is 59.7 Å². The Morgan fingerprint density at radius 2 is 1.70 bits per heavy atom. The zero-order chi connectivity index (χ0) is 16.7. The Morgan fingerprint density at radius 3 is 2.30 bits per heavy atom. The molecule has 0 aliphatic carbocycles. The molecule has 0 aliphatic rings. The first kappa shape index (κ1) is 17.3. The van der Waals surface area contributed by atoms with Gasteiger partial charge in [0.2, 0.25) is 0 Å². The van der Waals surface area contributed by atoms with Crippen LogP contribution in [0.2, 0.25) is 0 Å². The van der Waals surface area contributed by atoms with Crippen LogP contribution in [0.1, 0.15) is 30.6 Å². The Morgan fingerprint density at radius 1 is 1.04 bits per heavy atom. The van der Waals surface area contributed by atoms with Crippen LogP contribution >= 0.6 is 0 Å². The predicted molar refractivity (Wildman–Crippen MR) is 91.8 cm³/mol. The number of aliphatic hydroxyl groups is 1. The molecule has 0 heterocycles. The molecular weight excluding hydrogens is 290 g/mol. The van der Waals surface area contributed by atoms with Gasteiger partial charge in [0.1, 0.15) is 11.5 Å². The minimum atomic E-state index is -0.531. The summed E-state index contributed by atoms with van der Waals surface area (Å²) < 4.78 is 5.12. The molecule has 124 valence electrons. The van der Waals surface area contributed by atoms with Crippen LogP contribution in [0, 0.1) is 0 Å². The van der Waals surface area contributed by atoms with Crippen LogP contribution < -0.4 is 10.1 Å². The summed E-state index contributed by atoms with van der Waals surface area (Å²) in [4.78, 5) is 0. The van der Waals surface area contributed by atoms with E-state index >= 15 is 0 Å². The number of aromatic hydroxyl groups is 1. The van der Waals surface area contributed by atoms with Crippen LogP contribution in [0.5, 0.6) is 11.5 Å². The molecule has 0 amide bonds. The van der Waals surface area contributed by atoms with E-state index in [-0.39, 0.29) is 0 Å². The first-order chi connectivity index (χ1) is 11.1. The van der Waals surface area contributed by atoms with Crippen molar-refractivity contribution in [2.75, 3.05) is 13.7 Å². The van der Waals surface area contributed by atoms with Gasteiger partial charge < -0.3 is 20.3 Å². The Kier molecular flexibility index (Phi) is 6.44. The fraction of sp³-hybridized carbons (Fsp3) is 0.368. The van der Waals surface area contributed by atoms with Crippen molar-refractivity contribution in [1.29, 1.82) is 0 Å². The zero-order valence-electron chi connectivity index (χ0n) is 13.7. The number of benzene rings is 2. The average Bonchev–Trinajstić information content (AvgIpc) is 2.59. The molecule has 4 nitrogen and oxygen atoms in total. The monoisotopic (exact) mass is 315 g/mol. The summed E-state index contributed by atoms with van der Waals surface area (Å²) in [6.45, 7) is 2.63. The molecule has 4 heteroatoms. The van der Waals surface area contributed by atoms with Crippen LogP contribution in [-0.2, 0) is 6.42 Å². The fourth-order valence-corrected chi connectivity index (χ4v) is 2.40. The van der Waals surface area contributed by atoms with E-state index in [4.69, 9.17) is 4.74 Å². The quantitative estimate of drug-likeness (QED) is 0.701. The van der Waals surface area contributed by atoms with Gasteiger partial charge >= 0.3 is 0 Å². The maximum atomic E-state index is 10.2. The molecule has 0 fully saturated rings. The van der Waals surface area contributed by atoms with Gasteiger partial charge in [0.25, 0.3) is 0 Å². The number of phenolic OH excluding ortho intramolecular Hbond substituents is 1. The molecule has 2 rings (SSSR count). The molecule has 0 radical (unpaired) electrons. The Balaban J connectivity index is 1.74. The highest BCUT2D eigenvalue weighted by molar-refractivity contribution is 5.28. The van der Waals surface area contributed by atoms with E-state index in [9.17, 15) is 10.2 Å². The number of rotatable bonds is 8. The van der Waals surface area contributed by atoms with Crippen molar-refractivity contribution in [1.82, 2.24) is 5.32 Å². The summed E-state index contributed by atoms with van der Waals surface area (Å²) in [5.41, 5.74) is 2.08. The van der Waals surface area contributed by atoms with Gasteiger partial charge in [0.05, 0.1) is 13.2 Å². The molecule has 2 aromatic carbocycles. The van der Waals surface area contributed by atoms with Crippen molar-refractivity contribution >= 4 is 0 Å². The molecule has 0 aliphatic heterocycles. The minimum absolute atomic E-state index is 0.294. The van der Waals surface area contributed by atoms with Crippen molar-refractivity contribution in [3.8, 4) is 11.5 Å². The maximum absolute atomic E-state index is 10.2. The molecule has 0 saturated carbocycles. The number of phenols is 1. The smallest absolute Gasteiger partial charge is 0.118 e. The first-order valence-corrected chi connectivity index (χ1v) is 7.92. The normalized spacial score (nSPS) is 13.5. The molecule has 2 aromatic rings. The molecule has 3 N–H and O–H groups in total. The number of aliphatic hydroxyl groups excluding tert-OH is 1. The lowest BCUT2D eigenvalue weighted by molar-refractivity contribution is 0.170. The molecule has 0 unspecified atom stereocenters. The van der Waals surface area contributed by atoms with Crippen molar-refractivity contribution in [2.24, 2.45) is 0 Å². The van der Waals surface area contributed by atoms with Gasteiger partial charge in [-0.1, -0.05) is 24.3 Å². The number of hydrogen-bond donors (Lipinski definition) is 3. The summed E-state index contributed by atoms with van der Waals surface area (Å²) >= 11 is 0. The van der Waals surface area contributed by atoms with Gasteiger partial charge in [-0.2, -0.15) is 0 Å². The fourth-order valence-electron chi connectivity index (χ4n) is 2.40. The largest absolute Gasteiger partial charge is 0.508 e. The van der Waals surface area contributed by atoms with E-state index in [1.807, 2.05) is 36.4 Å². The van der Waals surface area contributed by atoms with Crippen LogP contribution in [0.4, 0.5) is 0 Å². The first-order valence-electron chi connectivity index (χ1n) is 7.92. The number of nitrogens with one attached hydrogen (secondary N) is 1. The SMILES string of the molecule is COc1ccc([C@@H](O)CN[C@H](C)CCc2ccc(O)cc2)cc1. The van der Waals surface area contributed by atoms with Gasteiger partial charge in [-0.15, -0.1) is 0 Å². The van der Waals surface area contributed by atoms with Crippen LogP contribution in [0.15, 0.2) is 48.5 Å². The highest BCUT2D eigenvalue weighted by Gasteiger charge is 2.10. The van der Waals surface area contributed by atoms with Gasteiger partial charge in [-0.25, -0.2) is 0 Å². The zero-order valence-corrected chi connectivity index (χ0v) is 13.7. The standard InChI is InChI=1S/C19H25NO3/c1-14(3-4-15-5-9-17(21)10-6-15)20-13-19(22)16-7-11-18(23-2)12-8-16/h5-12,14,19-22H,3-4,13H2,1-2H3/t14-,19+/m1/s1. The number of aryl methyl sites for hydroxylation is 1. The molecule has 23 heavy (non-hydrogen) atoms. The second kappa shape index (κ2) is 8.56. The van der Waals surface area contributed by atoms with Crippen molar-refractivity contribution in [3.63, 3.8) is 0 Å². The van der Waals surface area contributed by atoms with E-state index in [1.165, 1.54) is 5.56 Å². The summed E-state index contributed by atoms with van der Waals surface area (Å²) in [6.07, 6.45) is 1.38. The van der Waals surface area contributed by atoms with E-state index < -0.39 is 6.10 Å². The molecule has 0 saturated heterocycles. The molecular formula is C19H25NO3. The lowest BCUT2D eigenvalue weighted by atomic mass is 10.1. The van der Waals surface area contributed by atoms with Gasteiger partial charge in [0, 0.05) is 12.6 Å². The molecule has 0 spiro atoms. The lowest BCUT2D eigenvalue weighted by Gasteiger charge is -2.17. The summed E-state index contributed by atoms with van der Waals surface area (Å²) in [7, 11) is 1.63. The van der Waals surface area contributed by atoms with E-state index in [0.29, 0.717) is 18.3 Å². The van der Waals surface area contributed by atoms with Crippen molar-refractivity contribution in [2.45, 2.75) is 31.9 Å². The molecule has 0 aromatic heterocycles. The number of hydrogen-bond acceptors (Lipinski definition) is 4. The van der Waals surface area contributed by atoms with Crippen LogP contribution in [-0.4, -0.2) is 29.9 Å². The second-order valence-corrected chi connectivity index (χ2v) is 5.80. The summed E-state index contributed by atoms with van der Waals surface area (Å²) in [6, 6.07) is 15.1. The molecule has 0 bridgehead atoms. The predicted octanol–water partition coefficient (Wildman–Crippen LogP) is 3.05. The van der Waals surface area contributed by atoms with E-state index in [0.717, 1.165) is 24.2 Å². The van der Waals surface area contributed by atoms with Crippen LogP contribution in [0.3, 0.4) is 0 Å². The van der Waals surface area contributed by atoms with Gasteiger partial charge in [-0.3, -0.25) is 0 Å². The second-order valence-electron chi connectivity index (χ2n) is 5.80. The summed E-state index contributed by atoms with van der Waals surface area (Å²) in [5.74, 6) is 1.08. The topological polar surface area (TPSA) is 61.7 Å². The highest BCUT2D eigenvalue weighted by Crippen LogP contribution is 2.17. The minimum Gasteiger partial charge on any atom is -0.508 e. The Labute approximate surface area is 137 Å². The average molecular weight is 315 g/mol. The third-order valence-electron chi connectivity index (χ3n) is 3.96. The van der Waals surface area contributed by atoms with Gasteiger partial charge in [0.15, 0.2) is 0 Å². The highest BCUT2D eigenvalue weighted by atomic mass is 16.5. The third kappa shape index (κ3) is 5.58. The van der Waals surface area contributed by atoms with Crippen molar-refractivity contribution < 1.29 is 14.9 Å². The van der Waals surface area contributed by atoms with Gasteiger partial charge in [-0.05, 0) is 55.2 Å².